The van der Waals surface area contributed by atoms with E-state index in [0.29, 0.717) is 0 Å². The molecule has 0 unspecified atom stereocenters. The van der Waals surface area contributed by atoms with Crippen molar-refractivity contribution in [2.45, 2.75) is 13.8 Å². The van der Waals surface area contributed by atoms with Gasteiger partial charge in [-0.15, -0.1) is 0 Å². The minimum atomic E-state index is 0.277. The fourth-order valence-electron chi connectivity index (χ4n) is 3.75. The van der Waals surface area contributed by atoms with Gasteiger partial charge in [-0.25, -0.2) is 4.98 Å². The standard InChI is InChI=1S/C20H21N5/c1-11-6-5-7-12(2)16(11)14-10-15-17(13-8-9-25(4)18(13)14)19(22-3)24-20(21)23-15/h5-10H,1-4H3,(H3,21,22,23,24). The molecule has 126 valence electrons. The van der Waals surface area contributed by atoms with Gasteiger partial charge in [0, 0.05) is 31.2 Å². The van der Waals surface area contributed by atoms with E-state index in [1.54, 1.807) is 0 Å². The molecule has 0 aliphatic carbocycles. The third kappa shape index (κ3) is 2.23. The van der Waals surface area contributed by atoms with Crippen LogP contribution in [-0.2, 0) is 7.05 Å². The van der Waals surface area contributed by atoms with Crippen molar-refractivity contribution in [3.05, 3.63) is 47.7 Å². The van der Waals surface area contributed by atoms with Crippen molar-refractivity contribution < 1.29 is 0 Å². The molecule has 0 aliphatic heterocycles. The van der Waals surface area contributed by atoms with Crippen LogP contribution < -0.4 is 11.1 Å². The lowest BCUT2D eigenvalue weighted by atomic mass is 9.93. The van der Waals surface area contributed by atoms with Crippen molar-refractivity contribution in [3.8, 4) is 11.1 Å². The summed E-state index contributed by atoms with van der Waals surface area (Å²) >= 11 is 0. The maximum atomic E-state index is 5.93. The lowest BCUT2D eigenvalue weighted by Crippen LogP contribution is -2.02. The van der Waals surface area contributed by atoms with E-state index in [0.717, 1.165) is 22.1 Å². The molecular formula is C20H21N5. The van der Waals surface area contributed by atoms with Crippen molar-refractivity contribution >= 4 is 33.6 Å². The number of fused-ring (bicyclic) bond motifs is 3. The first-order chi connectivity index (χ1) is 12.0. The van der Waals surface area contributed by atoms with Gasteiger partial charge in [0.1, 0.15) is 5.82 Å². The van der Waals surface area contributed by atoms with Crippen molar-refractivity contribution in [2.75, 3.05) is 18.1 Å². The average molecular weight is 331 g/mol. The van der Waals surface area contributed by atoms with Crippen LogP contribution in [0.1, 0.15) is 11.1 Å². The molecule has 0 saturated heterocycles. The molecule has 2 heterocycles. The summed E-state index contributed by atoms with van der Waals surface area (Å²) in [5, 5.41) is 5.28. The number of hydrogen-bond donors (Lipinski definition) is 2. The Morgan fingerprint density at radius 3 is 2.48 bits per heavy atom. The highest BCUT2D eigenvalue weighted by Gasteiger charge is 2.18. The Morgan fingerprint density at radius 2 is 1.80 bits per heavy atom. The number of hydrogen-bond acceptors (Lipinski definition) is 4. The van der Waals surface area contributed by atoms with Gasteiger partial charge in [-0.2, -0.15) is 4.98 Å². The van der Waals surface area contributed by atoms with Gasteiger partial charge in [0.05, 0.1) is 16.4 Å². The largest absolute Gasteiger partial charge is 0.372 e. The second kappa shape index (κ2) is 5.48. The molecule has 0 spiro atoms. The second-order valence-electron chi connectivity index (χ2n) is 6.45. The summed E-state index contributed by atoms with van der Waals surface area (Å²) in [7, 11) is 3.93. The summed E-state index contributed by atoms with van der Waals surface area (Å²) in [5.74, 6) is 1.03. The Kier molecular flexibility index (Phi) is 3.39. The fraction of sp³-hybridized carbons (Fsp3) is 0.200. The van der Waals surface area contributed by atoms with E-state index in [4.69, 9.17) is 5.73 Å². The fourth-order valence-corrected chi connectivity index (χ4v) is 3.75. The van der Waals surface area contributed by atoms with E-state index in [2.05, 4.69) is 77.3 Å². The number of nitrogens with one attached hydrogen (secondary N) is 1. The van der Waals surface area contributed by atoms with E-state index in [1.807, 2.05) is 7.05 Å². The molecule has 5 heteroatoms. The second-order valence-corrected chi connectivity index (χ2v) is 6.45. The predicted molar refractivity (Wildman–Crippen MR) is 105 cm³/mol. The van der Waals surface area contributed by atoms with Crippen LogP contribution in [0.25, 0.3) is 32.9 Å². The lowest BCUT2D eigenvalue weighted by Gasteiger charge is -2.15. The average Bonchev–Trinajstić information content (AvgIpc) is 2.95. The van der Waals surface area contributed by atoms with Crippen LogP contribution in [0.3, 0.4) is 0 Å². The molecule has 0 saturated carbocycles. The summed E-state index contributed by atoms with van der Waals surface area (Å²) < 4.78 is 2.16. The minimum Gasteiger partial charge on any atom is -0.372 e. The molecule has 3 N–H and O–H groups in total. The Hall–Kier alpha value is -3.08. The Morgan fingerprint density at radius 1 is 1.08 bits per heavy atom. The zero-order chi connectivity index (χ0) is 17.7. The third-order valence-electron chi connectivity index (χ3n) is 4.82. The van der Waals surface area contributed by atoms with Crippen LogP contribution in [0.5, 0.6) is 0 Å². The molecule has 2 aromatic heterocycles. The molecule has 0 fully saturated rings. The zero-order valence-corrected chi connectivity index (χ0v) is 14.9. The first kappa shape index (κ1) is 15.4. The van der Waals surface area contributed by atoms with Gasteiger partial charge in [0.2, 0.25) is 5.95 Å². The first-order valence-corrected chi connectivity index (χ1v) is 8.31. The highest BCUT2D eigenvalue weighted by molar-refractivity contribution is 6.16. The number of nitrogens with zero attached hydrogens (tertiary/aromatic N) is 3. The number of anilines is 2. The minimum absolute atomic E-state index is 0.277. The molecule has 0 radical (unpaired) electrons. The predicted octanol–water partition coefficient (Wildman–Crippen LogP) is 4.03. The maximum Gasteiger partial charge on any atom is 0.222 e. The molecule has 4 aromatic rings. The van der Waals surface area contributed by atoms with Crippen LogP contribution in [0, 0.1) is 13.8 Å². The van der Waals surface area contributed by atoms with Crippen LogP contribution in [-0.4, -0.2) is 21.6 Å². The number of aryl methyl sites for hydroxylation is 3. The summed E-state index contributed by atoms with van der Waals surface area (Å²) in [6.45, 7) is 4.29. The Balaban J connectivity index is 2.24. The van der Waals surface area contributed by atoms with Crippen molar-refractivity contribution in [1.29, 1.82) is 0 Å². The van der Waals surface area contributed by atoms with E-state index in [9.17, 15) is 0 Å². The Labute approximate surface area is 146 Å². The quantitative estimate of drug-likeness (QED) is 0.582. The maximum absolute atomic E-state index is 5.93. The molecule has 0 atom stereocenters. The van der Waals surface area contributed by atoms with Gasteiger partial charge in [0.25, 0.3) is 0 Å². The van der Waals surface area contributed by atoms with Gasteiger partial charge in [-0.05, 0) is 42.7 Å². The highest BCUT2D eigenvalue weighted by Crippen LogP contribution is 2.39. The van der Waals surface area contributed by atoms with E-state index < -0.39 is 0 Å². The summed E-state index contributed by atoms with van der Waals surface area (Å²) in [6, 6.07) is 10.6. The summed E-state index contributed by atoms with van der Waals surface area (Å²) in [6.07, 6.45) is 2.08. The molecular weight excluding hydrogens is 310 g/mol. The molecule has 0 bridgehead atoms. The number of aromatic nitrogens is 3. The SMILES string of the molecule is CNc1nc(N)nc2cc(-c3c(C)cccc3C)c3c(ccn3C)c12. The monoisotopic (exact) mass is 331 g/mol. The summed E-state index contributed by atoms with van der Waals surface area (Å²) in [4.78, 5) is 8.87. The first-order valence-electron chi connectivity index (χ1n) is 8.31. The van der Waals surface area contributed by atoms with Crippen LogP contribution in [0.15, 0.2) is 36.5 Å². The Bertz CT molecular complexity index is 1100. The van der Waals surface area contributed by atoms with Gasteiger partial charge in [-0.3, -0.25) is 0 Å². The number of nitrogen functional groups attached to an aromatic ring is 1. The molecule has 2 aromatic carbocycles. The number of nitrogens with two attached hydrogens (primary N) is 1. The third-order valence-corrected chi connectivity index (χ3v) is 4.82. The van der Waals surface area contributed by atoms with Crippen molar-refractivity contribution in [1.82, 2.24) is 14.5 Å². The van der Waals surface area contributed by atoms with E-state index in [-0.39, 0.29) is 5.95 Å². The van der Waals surface area contributed by atoms with Crippen LogP contribution in [0.4, 0.5) is 11.8 Å². The zero-order valence-electron chi connectivity index (χ0n) is 14.9. The molecule has 5 nitrogen and oxygen atoms in total. The molecule has 0 amide bonds. The van der Waals surface area contributed by atoms with Crippen molar-refractivity contribution in [3.63, 3.8) is 0 Å². The highest BCUT2D eigenvalue weighted by atomic mass is 15.1. The number of benzene rings is 2. The van der Waals surface area contributed by atoms with Gasteiger partial charge in [-0.1, -0.05) is 18.2 Å². The lowest BCUT2D eigenvalue weighted by molar-refractivity contribution is 0.970. The van der Waals surface area contributed by atoms with Gasteiger partial charge < -0.3 is 15.6 Å². The summed E-state index contributed by atoms with van der Waals surface area (Å²) in [5.41, 5.74) is 12.9. The topological polar surface area (TPSA) is 68.8 Å². The van der Waals surface area contributed by atoms with Gasteiger partial charge in [0.15, 0.2) is 0 Å². The van der Waals surface area contributed by atoms with E-state index >= 15 is 0 Å². The molecule has 0 aliphatic rings. The van der Waals surface area contributed by atoms with E-state index in [1.165, 1.54) is 27.8 Å². The van der Waals surface area contributed by atoms with Crippen molar-refractivity contribution in [2.24, 2.45) is 7.05 Å². The molecule has 4 rings (SSSR count). The van der Waals surface area contributed by atoms with Crippen LogP contribution in [0.2, 0.25) is 0 Å². The smallest absolute Gasteiger partial charge is 0.222 e. The molecule has 25 heavy (non-hydrogen) atoms. The van der Waals surface area contributed by atoms with Crippen LogP contribution >= 0.6 is 0 Å². The van der Waals surface area contributed by atoms with Gasteiger partial charge >= 0.3 is 0 Å². The number of rotatable bonds is 2. The normalized spacial score (nSPS) is 11.4.